The second-order valence-corrected chi connectivity index (χ2v) is 2.18. The van der Waals surface area contributed by atoms with E-state index in [4.69, 9.17) is 22.1 Å². The lowest BCUT2D eigenvalue weighted by molar-refractivity contribution is -0.419. The van der Waals surface area contributed by atoms with Crippen LogP contribution in [0.2, 0.25) is 0 Å². The molecule has 0 fully saturated rings. The Balaban J connectivity index is 2.95. The number of hydrogen-bond acceptors (Lipinski definition) is 3. The van der Waals surface area contributed by atoms with Gasteiger partial charge in [0, 0.05) is 6.54 Å². The maximum atomic E-state index is 8.33. The number of hydrogen-bond donors (Lipinski definition) is 4. The van der Waals surface area contributed by atoms with Crippen molar-refractivity contribution >= 4 is 17.3 Å². The van der Waals surface area contributed by atoms with Gasteiger partial charge in [0.25, 0.3) is 0 Å². The van der Waals surface area contributed by atoms with Gasteiger partial charge in [-0.15, -0.1) is 0 Å². The minimum atomic E-state index is 0.0536. The van der Waals surface area contributed by atoms with E-state index >= 15 is 0 Å². The molecule has 0 radical (unpaired) electrons. The van der Waals surface area contributed by atoms with Gasteiger partial charge < -0.3 is 15.2 Å². The molecular weight excluding hydrogens is 166 g/mol. The van der Waals surface area contributed by atoms with E-state index in [1.165, 1.54) is 0 Å². The minimum absolute atomic E-state index is 0.0536. The Bertz CT molecular complexity index is 112. The summed E-state index contributed by atoms with van der Waals surface area (Å²) >= 11 is 4.74. The molecule has 0 amide bonds. The van der Waals surface area contributed by atoms with Crippen LogP contribution in [0.3, 0.4) is 0 Å². The van der Waals surface area contributed by atoms with Crippen LogP contribution in [-0.4, -0.2) is 36.6 Å². The molecule has 0 saturated carbocycles. The van der Waals surface area contributed by atoms with Crippen molar-refractivity contribution in [3.63, 3.8) is 0 Å². The molecule has 11 heavy (non-hydrogen) atoms. The first-order valence-corrected chi connectivity index (χ1v) is 3.71. The molecule has 0 aromatic carbocycles. The van der Waals surface area contributed by atoms with Gasteiger partial charge in [-0.05, 0) is 12.2 Å². The van der Waals surface area contributed by atoms with Crippen LogP contribution in [-0.2, 0) is 4.74 Å². The molecule has 0 rings (SSSR count). The van der Waals surface area contributed by atoms with Crippen LogP contribution in [0.1, 0.15) is 0 Å². The SMILES string of the molecule is [NH3+]NC(=S)NCCOCCO. The highest BCUT2D eigenvalue weighted by atomic mass is 32.1. The van der Waals surface area contributed by atoms with Crippen LogP contribution >= 0.6 is 12.2 Å². The largest absolute Gasteiger partial charge is 0.394 e. The second-order valence-electron chi connectivity index (χ2n) is 1.77. The number of aliphatic hydroxyl groups is 1. The first kappa shape index (κ1) is 10.6. The summed E-state index contributed by atoms with van der Waals surface area (Å²) in [5.41, 5.74) is 2.52. The molecule has 0 aromatic rings. The Kier molecular flexibility index (Phi) is 7.37. The van der Waals surface area contributed by atoms with Gasteiger partial charge in [-0.3, -0.25) is 5.84 Å². The molecule has 0 aliphatic carbocycles. The van der Waals surface area contributed by atoms with Crippen molar-refractivity contribution in [3.8, 4) is 0 Å². The average molecular weight is 180 g/mol. The second kappa shape index (κ2) is 7.67. The van der Waals surface area contributed by atoms with Crippen LogP contribution in [0.5, 0.6) is 0 Å². The molecule has 0 aliphatic heterocycles. The molecule has 0 atom stereocenters. The zero-order valence-corrected chi connectivity index (χ0v) is 7.12. The maximum absolute atomic E-state index is 8.33. The first-order valence-electron chi connectivity index (χ1n) is 3.30. The van der Waals surface area contributed by atoms with E-state index < -0.39 is 0 Å². The molecule has 0 aromatic heterocycles. The summed E-state index contributed by atoms with van der Waals surface area (Å²) in [6.45, 7) is 1.58. The summed E-state index contributed by atoms with van der Waals surface area (Å²) in [5.74, 6) is 3.37. The molecule has 0 unspecified atom stereocenters. The van der Waals surface area contributed by atoms with Crippen molar-refractivity contribution in [2.75, 3.05) is 26.4 Å². The molecule has 66 valence electrons. The molecule has 6 heteroatoms. The van der Waals surface area contributed by atoms with E-state index in [-0.39, 0.29) is 6.61 Å². The third-order valence-electron chi connectivity index (χ3n) is 0.928. The highest BCUT2D eigenvalue weighted by Gasteiger charge is 1.91. The predicted octanol–water partition coefficient (Wildman–Crippen LogP) is -2.38. The number of rotatable bonds is 5. The lowest BCUT2D eigenvalue weighted by atomic mass is 10.7. The van der Waals surface area contributed by atoms with Crippen LogP contribution in [0.4, 0.5) is 0 Å². The van der Waals surface area contributed by atoms with E-state index in [0.29, 0.717) is 24.9 Å². The Morgan fingerprint density at radius 1 is 1.55 bits per heavy atom. The van der Waals surface area contributed by atoms with Crippen molar-refractivity contribution < 1.29 is 15.7 Å². The molecule has 6 N–H and O–H groups in total. The van der Waals surface area contributed by atoms with Crippen LogP contribution < -0.4 is 16.6 Å². The van der Waals surface area contributed by atoms with E-state index in [9.17, 15) is 0 Å². The van der Waals surface area contributed by atoms with Crippen molar-refractivity contribution in [1.82, 2.24) is 10.7 Å². The zero-order valence-electron chi connectivity index (χ0n) is 6.30. The van der Waals surface area contributed by atoms with Gasteiger partial charge in [-0.2, -0.15) is 0 Å². The fourth-order valence-electron chi connectivity index (χ4n) is 0.466. The number of quaternary nitrogens is 1. The number of nitrogens with one attached hydrogen (secondary N) is 2. The fraction of sp³-hybridized carbons (Fsp3) is 0.800. The number of ether oxygens (including phenoxy) is 1. The lowest BCUT2D eigenvalue weighted by Gasteiger charge is -2.04. The van der Waals surface area contributed by atoms with Gasteiger partial charge in [0.2, 0.25) is 5.11 Å². The molecule has 0 bridgehead atoms. The average Bonchev–Trinajstić information content (AvgIpc) is 2.04. The summed E-state index contributed by atoms with van der Waals surface area (Å²) in [4.78, 5) is 0. The molecule has 0 saturated heterocycles. The smallest absolute Gasteiger partial charge is 0.213 e. The number of thiocarbonyl (C=S) groups is 1. The standard InChI is InChI=1S/C5H13N3O2S/c6-8-5(11)7-1-3-10-4-2-9/h9H,1-4,6H2,(H2,7,8,11)/p+1. The molecule has 0 aliphatic rings. The van der Waals surface area contributed by atoms with Crippen LogP contribution in [0, 0.1) is 0 Å². The zero-order chi connectivity index (χ0) is 8.53. The lowest BCUT2D eigenvalue weighted by Crippen LogP contribution is -2.69. The Hall–Kier alpha value is -0.430. The summed E-state index contributed by atoms with van der Waals surface area (Å²) in [7, 11) is 0. The quantitative estimate of drug-likeness (QED) is 0.216. The van der Waals surface area contributed by atoms with Crippen molar-refractivity contribution in [1.29, 1.82) is 0 Å². The van der Waals surface area contributed by atoms with Crippen LogP contribution in [0.25, 0.3) is 0 Å². The van der Waals surface area contributed by atoms with Gasteiger partial charge >= 0.3 is 0 Å². The van der Waals surface area contributed by atoms with E-state index in [2.05, 4.69) is 16.6 Å². The highest BCUT2D eigenvalue weighted by Crippen LogP contribution is 1.71. The maximum Gasteiger partial charge on any atom is 0.213 e. The number of aliphatic hydroxyl groups excluding tert-OH is 1. The van der Waals surface area contributed by atoms with Crippen molar-refractivity contribution in [3.05, 3.63) is 0 Å². The molecule has 0 spiro atoms. The molecular formula is C5H14N3O2S+. The Morgan fingerprint density at radius 3 is 2.82 bits per heavy atom. The Morgan fingerprint density at radius 2 is 2.27 bits per heavy atom. The van der Waals surface area contributed by atoms with Crippen molar-refractivity contribution in [2.45, 2.75) is 0 Å². The topological polar surface area (TPSA) is 81.2 Å². The van der Waals surface area contributed by atoms with Gasteiger partial charge in [0.05, 0.1) is 19.8 Å². The first-order chi connectivity index (χ1) is 5.31. The van der Waals surface area contributed by atoms with Gasteiger partial charge in [-0.25, -0.2) is 5.43 Å². The van der Waals surface area contributed by atoms with Crippen LogP contribution in [0.15, 0.2) is 0 Å². The van der Waals surface area contributed by atoms with E-state index in [1.807, 2.05) is 0 Å². The Labute approximate surface area is 70.9 Å². The normalized spacial score (nSPS) is 9.27. The third-order valence-corrected chi connectivity index (χ3v) is 1.22. The molecule has 5 nitrogen and oxygen atoms in total. The minimum Gasteiger partial charge on any atom is -0.394 e. The van der Waals surface area contributed by atoms with Gasteiger partial charge in [0.1, 0.15) is 0 Å². The van der Waals surface area contributed by atoms with Gasteiger partial charge in [-0.1, -0.05) is 0 Å². The fourth-order valence-corrected chi connectivity index (χ4v) is 0.568. The van der Waals surface area contributed by atoms with Gasteiger partial charge in [0.15, 0.2) is 0 Å². The summed E-state index contributed by atoms with van der Waals surface area (Å²) in [6, 6.07) is 0. The monoisotopic (exact) mass is 180 g/mol. The molecule has 0 heterocycles. The van der Waals surface area contributed by atoms with E-state index in [0.717, 1.165) is 0 Å². The highest BCUT2D eigenvalue weighted by molar-refractivity contribution is 7.80. The van der Waals surface area contributed by atoms with Crippen molar-refractivity contribution in [2.24, 2.45) is 0 Å². The third kappa shape index (κ3) is 7.47. The summed E-state index contributed by atoms with van der Waals surface area (Å²) < 4.78 is 4.96. The summed E-state index contributed by atoms with van der Waals surface area (Å²) in [5, 5.41) is 11.7. The summed E-state index contributed by atoms with van der Waals surface area (Å²) in [6.07, 6.45) is 0. The van der Waals surface area contributed by atoms with E-state index in [1.54, 1.807) is 0 Å². The predicted molar refractivity (Wildman–Crippen MR) is 44.5 cm³/mol.